The highest BCUT2D eigenvalue weighted by Gasteiger charge is 2.35. The molecule has 1 N–H and O–H groups in total. The van der Waals surface area contributed by atoms with E-state index in [-0.39, 0.29) is 11.8 Å². The van der Waals surface area contributed by atoms with Crippen molar-refractivity contribution in [2.75, 3.05) is 11.9 Å². The number of rotatable bonds is 3. The minimum absolute atomic E-state index is 0.154. The van der Waals surface area contributed by atoms with E-state index < -0.39 is 6.04 Å². The van der Waals surface area contributed by atoms with Crippen molar-refractivity contribution in [2.24, 2.45) is 0 Å². The van der Waals surface area contributed by atoms with Crippen LogP contribution in [0.15, 0.2) is 48.5 Å². The fourth-order valence-corrected chi connectivity index (χ4v) is 3.24. The summed E-state index contributed by atoms with van der Waals surface area (Å²) in [6.45, 7) is 2.54. The molecule has 124 valence electrons. The number of carbonyl (C=O) groups is 2. The van der Waals surface area contributed by atoms with Gasteiger partial charge in [0.25, 0.3) is 5.91 Å². The Kier molecular flexibility index (Phi) is 4.86. The van der Waals surface area contributed by atoms with Crippen molar-refractivity contribution < 1.29 is 9.59 Å². The topological polar surface area (TPSA) is 49.4 Å². The van der Waals surface area contributed by atoms with Crippen LogP contribution in [0.2, 0.25) is 5.02 Å². The maximum atomic E-state index is 12.8. The van der Waals surface area contributed by atoms with Crippen LogP contribution < -0.4 is 5.32 Å². The molecule has 5 heteroatoms. The standard InChI is InChI=1S/C19H19ClN2O2/c1-13-6-4-7-14(12-13)21-18(23)17-10-5-11-22(17)19(24)15-8-2-3-9-16(15)20/h2-4,6-9,12,17H,5,10-11H2,1H3,(H,21,23). The monoisotopic (exact) mass is 342 g/mol. The van der Waals surface area contributed by atoms with E-state index in [0.29, 0.717) is 23.6 Å². The van der Waals surface area contributed by atoms with Crippen molar-refractivity contribution in [3.8, 4) is 0 Å². The van der Waals surface area contributed by atoms with Gasteiger partial charge in [-0.05, 0) is 49.6 Å². The number of halogens is 1. The third-order valence-corrected chi connectivity index (χ3v) is 4.54. The molecule has 0 spiro atoms. The Labute approximate surface area is 146 Å². The van der Waals surface area contributed by atoms with Gasteiger partial charge < -0.3 is 10.2 Å². The molecule has 2 aromatic carbocycles. The summed E-state index contributed by atoms with van der Waals surface area (Å²) in [5.41, 5.74) is 2.26. The molecule has 0 saturated carbocycles. The number of nitrogens with one attached hydrogen (secondary N) is 1. The molecule has 1 saturated heterocycles. The van der Waals surface area contributed by atoms with Crippen LogP contribution in [-0.2, 0) is 4.79 Å². The first-order chi connectivity index (χ1) is 11.6. The number of nitrogens with zero attached hydrogens (tertiary/aromatic N) is 1. The van der Waals surface area contributed by atoms with Crippen molar-refractivity contribution in [1.82, 2.24) is 4.90 Å². The number of hydrogen-bond donors (Lipinski definition) is 1. The molecule has 4 nitrogen and oxygen atoms in total. The van der Waals surface area contributed by atoms with E-state index in [4.69, 9.17) is 11.6 Å². The van der Waals surface area contributed by atoms with Crippen LogP contribution in [0.1, 0.15) is 28.8 Å². The SMILES string of the molecule is Cc1cccc(NC(=O)C2CCCN2C(=O)c2ccccc2Cl)c1. The van der Waals surface area contributed by atoms with Crippen LogP contribution >= 0.6 is 11.6 Å². The smallest absolute Gasteiger partial charge is 0.256 e. The predicted octanol–water partition coefficient (Wildman–Crippen LogP) is 3.89. The van der Waals surface area contributed by atoms with E-state index in [9.17, 15) is 9.59 Å². The zero-order chi connectivity index (χ0) is 17.1. The van der Waals surface area contributed by atoms with Gasteiger partial charge in [-0.25, -0.2) is 0 Å². The number of carbonyl (C=O) groups excluding carboxylic acids is 2. The molecule has 24 heavy (non-hydrogen) atoms. The van der Waals surface area contributed by atoms with Gasteiger partial charge in [0.1, 0.15) is 6.04 Å². The van der Waals surface area contributed by atoms with Gasteiger partial charge in [-0.3, -0.25) is 9.59 Å². The van der Waals surface area contributed by atoms with Gasteiger partial charge in [-0.2, -0.15) is 0 Å². The van der Waals surface area contributed by atoms with Gasteiger partial charge in [-0.15, -0.1) is 0 Å². The van der Waals surface area contributed by atoms with Gasteiger partial charge in [-0.1, -0.05) is 35.9 Å². The lowest BCUT2D eigenvalue weighted by atomic mass is 10.1. The summed E-state index contributed by atoms with van der Waals surface area (Å²) in [5, 5.41) is 3.32. The van der Waals surface area contributed by atoms with E-state index in [1.165, 1.54) is 0 Å². The van der Waals surface area contributed by atoms with E-state index in [2.05, 4.69) is 5.32 Å². The second kappa shape index (κ2) is 7.05. The molecular weight excluding hydrogens is 324 g/mol. The summed E-state index contributed by atoms with van der Waals surface area (Å²) in [7, 11) is 0. The van der Waals surface area contributed by atoms with Crippen molar-refractivity contribution in [3.63, 3.8) is 0 Å². The first-order valence-electron chi connectivity index (χ1n) is 7.99. The summed E-state index contributed by atoms with van der Waals surface area (Å²) in [6.07, 6.45) is 1.47. The molecule has 0 bridgehead atoms. The van der Waals surface area contributed by atoms with Gasteiger partial charge in [0, 0.05) is 12.2 Å². The highest BCUT2D eigenvalue weighted by Crippen LogP contribution is 2.25. The van der Waals surface area contributed by atoms with Crippen molar-refractivity contribution >= 4 is 29.1 Å². The number of anilines is 1. The zero-order valence-corrected chi connectivity index (χ0v) is 14.2. The predicted molar refractivity (Wildman–Crippen MR) is 95.3 cm³/mol. The number of likely N-dealkylation sites (tertiary alicyclic amines) is 1. The number of amides is 2. The van der Waals surface area contributed by atoms with Crippen LogP contribution in [0, 0.1) is 6.92 Å². The molecule has 0 aliphatic carbocycles. The third-order valence-electron chi connectivity index (χ3n) is 4.21. The summed E-state index contributed by atoms with van der Waals surface area (Å²) in [4.78, 5) is 27.0. The van der Waals surface area contributed by atoms with Crippen LogP contribution in [0.3, 0.4) is 0 Å². The molecule has 0 radical (unpaired) electrons. The van der Waals surface area contributed by atoms with Gasteiger partial charge in [0.05, 0.1) is 10.6 Å². The Hall–Kier alpha value is -2.33. The second-order valence-corrected chi connectivity index (χ2v) is 6.40. The number of aryl methyl sites for hydroxylation is 1. The molecule has 1 heterocycles. The highest BCUT2D eigenvalue weighted by molar-refractivity contribution is 6.33. The maximum Gasteiger partial charge on any atom is 0.256 e. The van der Waals surface area contributed by atoms with Crippen LogP contribution in [0.5, 0.6) is 0 Å². The van der Waals surface area contributed by atoms with Crippen molar-refractivity contribution in [2.45, 2.75) is 25.8 Å². The summed E-state index contributed by atoms with van der Waals surface area (Å²) in [5.74, 6) is -0.346. The number of benzene rings is 2. The average molecular weight is 343 g/mol. The average Bonchev–Trinajstić information content (AvgIpc) is 3.04. The molecular formula is C19H19ClN2O2. The largest absolute Gasteiger partial charge is 0.327 e. The fourth-order valence-electron chi connectivity index (χ4n) is 3.02. The lowest BCUT2D eigenvalue weighted by molar-refractivity contribution is -0.119. The Balaban J connectivity index is 1.76. The molecule has 1 unspecified atom stereocenters. The van der Waals surface area contributed by atoms with Crippen molar-refractivity contribution in [3.05, 3.63) is 64.7 Å². The maximum absolute atomic E-state index is 12.8. The molecule has 3 rings (SSSR count). The molecule has 1 atom stereocenters. The van der Waals surface area contributed by atoms with Crippen LogP contribution in [-0.4, -0.2) is 29.3 Å². The lowest BCUT2D eigenvalue weighted by Gasteiger charge is -2.24. The Morgan fingerprint density at radius 1 is 1.17 bits per heavy atom. The van der Waals surface area contributed by atoms with Gasteiger partial charge in [0.2, 0.25) is 5.91 Å². The molecule has 1 fully saturated rings. The first kappa shape index (κ1) is 16.5. The van der Waals surface area contributed by atoms with Crippen molar-refractivity contribution in [1.29, 1.82) is 0 Å². The molecule has 2 aromatic rings. The third kappa shape index (κ3) is 3.44. The van der Waals surface area contributed by atoms with Gasteiger partial charge in [0.15, 0.2) is 0 Å². The minimum atomic E-state index is -0.464. The quantitative estimate of drug-likeness (QED) is 0.919. The van der Waals surface area contributed by atoms with E-state index in [0.717, 1.165) is 17.7 Å². The van der Waals surface area contributed by atoms with E-state index in [1.54, 1.807) is 29.2 Å². The minimum Gasteiger partial charge on any atom is -0.327 e. The fraction of sp³-hybridized carbons (Fsp3) is 0.263. The summed E-state index contributed by atoms with van der Waals surface area (Å²) >= 11 is 6.12. The normalized spacial score (nSPS) is 16.9. The Bertz CT molecular complexity index is 775. The van der Waals surface area contributed by atoms with Gasteiger partial charge >= 0.3 is 0 Å². The van der Waals surface area contributed by atoms with Crippen LogP contribution in [0.4, 0.5) is 5.69 Å². The molecule has 2 amide bonds. The molecule has 0 aromatic heterocycles. The first-order valence-corrected chi connectivity index (χ1v) is 8.37. The zero-order valence-electron chi connectivity index (χ0n) is 13.5. The summed E-state index contributed by atoms with van der Waals surface area (Å²) in [6, 6.07) is 14.1. The Morgan fingerprint density at radius 2 is 1.96 bits per heavy atom. The number of hydrogen-bond acceptors (Lipinski definition) is 2. The van der Waals surface area contributed by atoms with E-state index in [1.807, 2.05) is 31.2 Å². The molecule has 1 aliphatic rings. The lowest BCUT2D eigenvalue weighted by Crippen LogP contribution is -2.43. The second-order valence-electron chi connectivity index (χ2n) is 6.00. The van der Waals surface area contributed by atoms with E-state index >= 15 is 0 Å². The highest BCUT2D eigenvalue weighted by atomic mass is 35.5. The summed E-state index contributed by atoms with van der Waals surface area (Å²) < 4.78 is 0. The van der Waals surface area contributed by atoms with Crippen LogP contribution in [0.25, 0.3) is 0 Å². The Morgan fingerprint density at radius 3 is 2.71 bits per heavy atom. The molecule has 1 aliphatic heterocycles.